The molecule has 23 heavy (non-hydrogen) atoms. The topological polar surface area (TPSA) is 78.1 Å². The Morgan fingerprint density at radius 2 is 2.17 bits per heavy atom. The van der Waals surface area contributed by atoms with Gasteiger partial charge in [-0.15, -0.1) is 0 Å². The van der Waals surface area contributed by atoms with E-state index in [0.29, 0.717) is 23.7 Å². The SMILES string of the molecule is CCN1CCCC1CNC(=O)Cc1n[nH]c(=O)c2ccccc12. The number of carbonyl (C=O) groups excluding carboxylic acids is 1. The summed E-state index contributed by atoms with van der Waals surface area (Å²) in [5.74, 6) is -0.0577. The van der Waals surface area contributed by atoms with Crippen LogP contribution in [-0.4, -0.2) is 46.7 Å². The third-order valence-electron chi connectivity index (χ3n) is 4.54. The molecule has 1 saturated heterocycles. The molecule has 6 nitrogen and oxygen atoms in total. The van der Waals surface area contributed by atoms with Crippen molar-refractivity contribution in [3.05, 3.63) is 40.3 Å². The van der Waals surface area contributed by atoms with Gasteiger partial charge in [0.25, 0.3) is 5.56 Å². The van der Waals surface area contributed by atoms with E-state index in [2.05, 4.69) is 27.3 Å². The van der Waals surface area contributed by atoms with Crippen LogP contribution in [0.1, 0.15) is 25.5 Å². The van der Waals surface area contributed by atoms with Crippen molar-refractivity contribution in [2.45, 2.75) is 32.2 Å². The van der Waals surface area contributed by atoms with Crippen LogP contribution in [0, 0.1) is 0 Å². The number of nitrogens with zero attached hydrogens (tertiary/aromatic N) is 2. The number of hydrogen-bond donors (Lipinski definition) is 2. The van der Waals surface area contributed by atoms with E-state index >= 15 is 0 Å². The third kappa shape index (κ3) is 3.42. The molecular formula is C17H22N4O2. The van der Waals surface area contributed by atoms with E-state index in [4.69, 9.17) is 0 Å². The Morgan fingerprint density at radius 1 is 1.39 bits per heavy atom. The smallest absolute Gasteiger partial charge is 0.272 e. The highest BCUT2D eigenvalue weighted by atomic mass is 16.1. The van der Waals surface area contributed by atoms with E-state index in [1.54, 1.807) is 12.1 Å². The number of nitrogens with one attached hydrogen (secondary N) is 2. The van der Waals surface area contributed by atoms with Crippen molar-refractivity contribution in [2.24, 2.45) is 0 Å². The molecule has 0 aliphatic carbocycles. The van der Waals surface area contributed by atoms with E-state index in [0.717, 1.165) is 24.9 Å². The summed E-state index contributed by atoms with van der Waals surface area (Å²) < 4.78 is 0. The van der Waals surface area contributed by atoms with Gasteiger partial charge in [-0.3, -0.25) is 14.5 Å². The minimum atomic E-state index is -0.227. The molecule has 0 radical (unpaired) electrons. The number of rotatable bonds is 5. The number of benzene rings is 1. The second kappa shape index (κ2) is 6.91. The van der Waals surface area contributed by atoms with Gasteiger partial charge in [0.1, 0.15) is 0 Å². The van der Waals surface area contributed by atoms with Crippen LogP contribution in [0.2, 0.25) is 0 Å². The molecule has 2 N–H and O–H groups in total. The molecular weight excluding hydrogens is 292 g/mol. The largest absolute Gasteiger partial charge is 0.354 e. The number of amides is 1. The third-order valence-corrected chi connectivity index (χ3v) is 4.54. The lowest BCUT2D eigenvalue weighted by molar-refractivity contribution is -0.120. The molecule has 1 aromatic heterocycles. The van der Waals surface area contributed by atoms with Crippen molar-refractivity contribution in [1.82, 2.24) is 20.4 Å². The number of carbonyl (C=O) groups is 1. The van der Waals surface area contributed by atoms with Crippen molar-refractivity contribution < 1.29 is 4.79 Å². The first kappa shape index (κ1) is 15.7. The predicted octanol–water partition coefficient (Wildman–Crippen LogP) is 1.07. The molecule has 0 saturated carbocycles. The molecule has 0 bridgehead atoms. The molecule has 3 rings (SSSR count). The summed E-state index contributed by atoms with van der Waals surface area (Å²) in [6.45, 7) is 4.96. The maximum Gasteiger partial charge on any atom is 0.272 e. The number of likely N-dealkylation sites (N-methyl/N-ethyl adjacent to an activating group) is 1. The highest BCUT2D eigenvalue weighted by molar-refractivity contribution is 5.88. The summed E-state index contributed by atoms with van der Waals surface area (Å²) in [5.41, 5.74) is 0.380. The predicted molar refractivity (Wildman–Crippen MR) is 89.3 cm³/mol. The Labute approximate surface area is 134 Å². The summed E-state index contributed by atoms with van der Waals surface area (Å²) in [4.78, 5) is 26.4. The van der Waals surface area contributed by atoms with Gasteiger partial charge in [0, 0.05) is 18.0 Å². The first-order valence-corrected chi connectivity index (χ1v) is 8.16. The lowest BCUT2D eigenvalue weighted by Crippen LogP contribution is -2.40. The monoisotopic (exact) mass is 314 g/mol. The zero-order valence-electron chi connectivity index (χ0n) is 13.3. The number of likely N-dealkylation sites (tertiary alicyclic amines) is 1. The summed E-state index contributed by atoms with van der Waals surface area (Å²) >= 11 is 0. The number of H-pyrrole nitrogens is 1. The van der Waals surface area contributed by atoms with Crippen LogP contribution in [0.25, 0.3) is 10.8 Å². The standard InChI is InChI=1S/C17H22N4O2/c1-2-21-9-5-6-12(21)11-18-16(22)10-15-13-7-3-4-8-14(13)17(23)20-19-15/h3-4,7-8,12H,2,5-6,9-11H2,1H3,(H,18,22)(H,20,23). The summed E-state index contributed by atoms with van der Waals surface area (Å²) in [7, 11) is 0. The van der Waals surface area contributed by atoms with Crippen LogP contribution in [0.15, 0.2) is 29.1 Å². The minimum Gasteiger partial charge on any atom is -0.354 e. The van der Waals surface area contributed by atoms with E-state index in [1.165, 1.54) is 6.42 Å². The molecule has 1 unspecified atom stereocenters. The fourth-order valence-electron chi connectivity index (χ4n) is 3.30. The first-order chi connectivity index (χ1) is 11.2. The van der Waals surface area contributed by atoms with Gasteiger partial charge < -0.3 is 5.32 Å². The van der Waals surface area contributed by atoms with Crippen LogP contribution in [0.5, 0.6) is 0 Å². The van der Waals surface area contributed by atoms with E-state index in [1.807, 2.05) is 12.1 Å². The lowest BCUT2D eigenvalue weighted by Gasteiger charge is -2.22. The summed E-state index contributed by atoms with van der Waals surface area (Å²) in [6, 6.07) is 7.66. The second-order valence-electron chi connectivity index (χ2n) is 5.95. The van der Waals surface area contributed by atoms with Crippen LogP contribution in [0.3, 0.4) is 0 Å². The van der Waals surface area contributed by atoms with Gasteiger partial charge in [-0.2, -0.15) is 5.10 Å². The highest BCUT2D eigenvalue weighted by Gasteiger charge is 2.23. The van der Waals surface area contributed by atoms with Gasteiger partial charge in [0.2, 0.25) is 5.91 Å². The zero-order chi connectivity index (χ0) is 16.2. The maximum atomic E-state index is 12.2. The van der Waals surface area contributed by atoms with Crippen molar-refractivity contribution in [3.63, 3.8) is 0 Å². The molecule has 2 aromatic rings. The van der Waals surface area contributed by atoms with E-state index < -0.39 is 0 Å². The zero-order valence-corrected chi connectivity index (χ0v) is 13.3. The Hall–Kier alpha value is -2.21. The Kier molecular flexibility index (Phi) is 4.71. The van der Waals surface area contributed by atoms with Gasteiger partial charge in [0.15, 0.2) is 0 Å². The Balaban J connectivity index is 1.67. The molecule has 6 heteroatoms. The lowest BCUT2D eigenvalue weighted by atomic mass is 10.1. The second-order valence-corrected chi connectivity index (χ2v) is 5.95. The molecule has 1 fully saturated rings. The number of aromatic nitrogens is 2. The molecule has 0 spiro atoms. The van der Waals surface area contributed by atoms with Crippen molar-refractivity contribution >= 4 is 16.7 Å². The first-order valence-electron chi connectivity index (χ1n) is 8.16. The van der Waals surface area contributed by atoms with Gasteiger partial charge in [-0.25, -0.2) is 5.10 Å². The van der Waals surface area contributed by atoms with Gasteiger partial charge >= 0.3 is 0 Å². The fraction of sp³-hybridized carbons (Fsp3) is 0.471. The molecule has 1 amide bonds. The molecule has 1 aliphatic rings. The van der Waals surface area contributed by atoms with E-state index in [-0.39, 0.29) is 17.9 Å². The van der Waals surface area contributed by atoms with Gasteiger partial charge in [-0.1, -0.05) is 25.1 Å². The van der Waals surface area contributed by atoms with Gasteiger partial charge in [0.05, 0.1) is 17.5 Å². The van der Waals surface area contributed by atoms with Crippen LogP contribution < -0.4 is 10.9 Å². The average molecular weight is 314 g/mol. The Morgan fingerprint density at radius 3 is 2.96 bits per heavy atom. The van der Waals surface area contributed by atoms with Gasteiger partial charge in [-0.05, 0) is 32.0 Å². The van der Waals surface area contributed by atoms with Crippen LogP contribution >= 0.6 is 0 Å². The molecule has 122 valence electrons. The molecule has 1 atom stereocenters. The summed E-state index contributed by atoms with van der Waals surface area (Å²) in [5, 5.41) is 10.8. The molecule has 1 aromatic carbocycles. The van der Waals surface area contributed by atoms with Crippen molar-refractivity contribution in [1.29, 1.82) is 0 Å². The van der Waals surface area contributed by atoms with Crippen LogP contribution in [-0.2, 0) is 11.2 Å². The number of aromatic amines is 1. The van der Waals surface area contributed by atoms with Crippen LogP contribution in [0.4, 0.5) is 0 Å². The number of hydrogen-bond acceptors (Lipinski definition) is 4. The number of fused-ring (bicyclic) bond motifs is 1. The Bertz CT molecular complexity index is 756. The highest BCUT2D eigenvalue weighted by Crippen LogP contribution is 2.16. The molecule has 2 heterocycles. The fourth-order valence-corrected chi connectivity index (χ4v) is 3.30. The molecule has 1 aliphatic heterocycles. The quantitative estimate of drug-likeness (QED) is 0.865. The normalized spacial score (nSPS) is 18.4. The van der Waals surface area contributed by atoms with E-state index in [9.17, 15) is 9.59 Å². The van der Waals surface area contributed by atoms with Crippen molar-refractivity contribution in [3.8, 4) is 0 Å². The average Bonchev–Trinajstić information content (AvgIpc) is 3.03. The summed E-state index contributed by atoms with van der Waals surface area (Å²) in [6.07, 6.45) is 2.50. The maximum absolute atomic E-state index is 12.2. The van der Waals surface area contributed by atoms with Crippen molar-refractivity contribution in [2.75, 3.05) is 19.6 Å². The minimum absolute atomic E-state index is 0.0577.